The molecular weight excluding hydrogens is 446 g/mol. The molecule has 0 bridgehead atoms. The molecule has 1 fully saturated rings. The second kappa shape index (κ2) is 9.53. The van der Waals surface area contributed by atoms with Crippen LogP contribution < -0.4 is 11.4 Å². The van der Waals surface area contributed by atoms with Gasteiger partial charge in [-0.1, -0.05) is 0 Å². The fourth-order valence-electron chi connectivity index (χ4n) is 2.66. The number of rotatable bonds is 6. The summed E-state index contributed by atoms with van der Waals surface area (Å²) in [6.45, 7) is -0.783. The zero-order valence-electron chi connectivity index (χ0n) is 16.8. The molecule has 0 aliphatic carbocycles. The van der Waals surface area contributed by atoms with Crippen molar-refractivity contribution in [3.05, 3.63) is 22.7 Å². The third-order valence-electron chi connectivity index (χ3n) is 4.07. The summed E-state index contributed by atoms with van der Waals surface area (Å²) in [5.74, 6) is 0.202. The van der Waals surface area contributed by atoms with E-state index in [1.54, 1.807) is 12.3 Å². The number of ether oxygens (including phenoxy) is 1. The van der Waals surface area contributed by atoms with Crippen LogP contribution in [0.5, 0.6) is 0 Å². The Morgan fingerprint density at radius 2 is 1.77 bits per heavy atom. The Balaban J connectivity index is 0.000000300. The summed E-state index contributed by atoms with van der Waals surface area (Å²) in [5.41, 5.74) is 4.96. The van der Waals surface area contributed by atoms with Crippen molar-refractivity contribution in [1.82, 2.24) is 9.55 Å². The van der Waals surface area contributed by atoms with Gasteiger partial charge in [-0.15, -0.1) is 0 Å². The molecule has 0 unspecified atom stereocenters. The number of anilines is 1. The number of hydrogen-bond acceptors (Lipinski definition) is 8. The molecule has 0 spiro atoms. The van der Waals surface area contributed by atoms with Gasteiger partial charge >= 0.3 is 26.0 Å². The lowest BCUT2D eigenvalue weighted by Gasteiger charge is -2.35. The Kier molecular flexibility index (Phi) is 8.53. The molecule has 2 rings (SSSR count). The molecular formula is C14H29N4O10P2+. The maximum Gasteiger partial charge on any atom is 0.375 e. The number of nitrogen functional groups attached to an aromatic ring is 1. The second-order valence-electron chi connectivity index (χ2n) is 7.83. The molecule has 1 aliphatic rings. The number of nitrogens with zero attached hydrogens (tertiary/aromatic N) is 3. The molecule has 0 aromatic carbocycles. The molecule has 0 saturated carbocycles. The molecule has 1 aliphatic heterocycles. The molecule has 16 heteroatoms. The number of nitrogens with two attached hydrogens (primary N) is 1. The van der Waals surface area contributed by atoms with Gasteiger partial charge < -0.3 is 44.7 Å². The van der Waals surface area contributed by atoms with Gasteiger partial charge in [-0.3, -0.25) is 13.7 Å². The van der Waals surface area contributed by atoms with Crippen LogP contribution in [-0.2, 0) is 13.9 Å². The van der Waals surface area contributed by atoms with E-state index in [-0.39, 0.29) is 29.2 Å². The van der Waals surface area contributed by atoms with E-state index in [9.17, 15) is 19.0 Å². The van der Waals surface area contributed by atoms with E-state index in [1.165, 1.54) is 25.7 Å². The average molecular weight is 475 g/mol. The van der Waals surface area contributed by atoms with Crippen LogP contribution in [0.15, 0.2) is 17.1 Å². The minimum atomic E-state index is -5.33. The quantitative estimate of drug-likeness (QED) is 0.178. The van der Waals surface area contributed by atoms with E-state index in [4.69, 9.17) is 35.2 Å². The average Bonchev–Trinajstić information content (AvgIpc) is 3.00. The number of likely N-dealkylation sites (N-methyl/N-ethyl adjacent to an activating group) is 1. The lowest BCUT2D eigenvalue weighted by atomic mass is 10.2. The number of aromatic nitrogens is 2. The number of quaternary nitrogens is 1. The van der Waals surface area contributed by atoms with Crippen LogP contribution in [0.1, 0.15) is 19.1 Å². The minimum absolute atomic E-state index is 0.0202. The van der Waals surface area contributed by atoms with Gasteiger partial charge in [0, 0.05) is 6.20 Å². The summed E-state index contributed by atoms with van der Waals surface area (Å²) < 4.78 is 28.5. The SMILES string of the molecule is C[N+](C)(C)CC(O)(P(=O)(O)O)P(=O)(O)O.Nc1ccn([C@H]2CC[C@@H](CO)O2)c(=O)n1. The van der Waals surface area contributed by atoms with E-state index in [2.05, 4.69) is 4.98 Å². The normalized spacial score (nSPS) is 20.6. The Bertz CT molecular complexity index is 852. The van der Waals surface area contributed by atoms with Gasteiger partial charge in [0.15, 0.2) is 0 Å². The lowest BCUT2D eigenvalue weighted by molar-refractivity contribution is -0.873. The first-order valence-electron chi connectivity index (χ1n) is 8.66. The zero-order valence-corrected chi connectivity index (χ0v) is 18.6. The number of aliphatic hydroxyl groups excluding tert-OH is 1. The van der Waals surface area contributed by atoms with Crippen LogP contribution >= 0.6 is 15.2 Å². The Labute approximate surface area is 172 Å². The first-order valence-corrected chi connectivity index (χ1v) is 11.9. The molecule has 0 amide bonds. The molecule has 14 nitrogen and oxygen atoms in total. The second-order valence-corrected chi connectivity index (χ2v) is 11.8. The Morgan fingerprint density at radius 1 is 1.23 bits per heavy atom. The number of aliphatic hydroxyl groups is 2. The number of hydrogen-bond donors (Lipinski definition) is 7. The van der Waals surface area contributed by atoms with Crippen molar-refractivity contribution in [3.63, 3.8) is 0 Å². The molecule has 8 N–H and O–H groups in total. The first-order chi connectivity index (χ1) is 13.4. The first kappa shape index (κ1) is 26.9. The maximum absolute atomic E-state index is 11.5. The van der Waals surface area contributed by atoms with Gasteiger partial charge in [-0.05, 0) is 18.9 Å². The highest BCUT2D eigenvalue weighted by atomic mass is 31.2. The minimum Gasteiger partial charge on any atom is -0.394 e. The molecule has 174 valence electrons. The molecule has 2 heterocycles. The monoisotopic (exact) mass is 475 g/mol. The summed E-state index contributed by atoms with van der Waals surface area (Å²) >= 11 is 0. The molecule has 1 aromatic rings. The summed E-state index contributed by atoms with van der Waals surface area (Å²) in [6, 6.07) is 1.55. The predicted octanol–water partition coefficient (Wildman–Crippen LogP) is -1.81. The van der Waals surface area contributed by atoms with E-state index in [0.717, 1.165) is 6.42 Å². The van der Waals surface area contributed by atoms with E-state index >= 15 is 0 Å². The van der Waals surface area contributed by atoms with Crippen molar-refractivity contribution >= 4 is 21.0 Å². The van der Waals surface area contributed by atoms with Gasteiger partial charge in [0.05, 0.1) is 33.9 Å². The standard InChI is InChI=1S/C9H13N3O3.C5H15NO7P2/c10-7-3-4-12(9(14)11-7)8-2-1-6(5-13)15-8;1-6(2,3)4-5(7,14(8,9)10)15(11,12)13/h3-4,6,8,13H,1-2,5H2,(H2,10,11,14);7H,4H2,1-3H3,(H3-,8,9,10,11,12,13)/p+1/t6-,8+;/m0./s1. The highest BCUT2D eigenvalue weighted by Crippen LogP contribution is 2.67. The fraction of sp³-hybridized carbons (Fsp3) is 0.714. The smallest absolute Gasteiger partial charge is 0.375 e. The Morgan fingerprint density at radius 3 is 2.10 bits per heavy atom. The van der Waals surface area contributed by atoms with Crippen LogP contribution in [0.25, 0.3) is 0 Å². The van der Waals surface area contributed by atoms with Gasteiger partial charge in [0.2, 0.25) is 0 Å². The summed E-state index contributed by atoms with van der Waals surface area (Å²) in [7, 11) is -6.34. The van der Waals surface area contributed by atoms with E-state index in [0.29, 0.717) is 6.42 Å². The van der Waals surface area contributed by atoms with Crippen molar-refractivity contribution in [1.29, 1.82) is 0 Å². The van der Waals surface area contributed by atoms with Crippen LogP contribution in [0.4, 0.5) is 5.82 Å². The van der Waals surface area contributed by atoms with Gasteiger partial charge in [0.25, 0.3) is 0 Å². The Hall–Kier alpha value is -1.18. The summed E-state index contributed by atoms with van der Waals surface area (Å²) in [4.78, 5) is 50.2. The highest BCUT2D eigenvalue weighted by molar-refractivity contribution is 7.72. The summed E-state index contributed by atoms with van der Waals surface area (Å²) in [5, 5.41) is 15.0. The molecule has 0 radical (unpaired) electrons. The van der Waals surface area contributed by atoms with Crippen molar-refractivity contribution < 1.29 is 48.1 Å². The van der Waals surface area contributed by atoms with Gasteiger partial charge in [-0.2, -0.15) is 4.98 Å². The van der Waals surface area contributed by atoms with E-state index in [1.807, 2.05) is 0 Å². The fourth-order valence-corrected chi connectivity index (χ4v) is 5.24. The van der Waals surface area contributed by atoms with E-state index < -0.39 is 32.5 Å². The van der Waals surface area contributed by atoms with Crippen molar-refractivity contribution in [2.75, 3.05) is 40.0 Å². The van der Waals surface area contributed by atoms with Crippen LogP contribution in [0, 0.1) is 0 Å². The highest BCUT2D eigenvalue weighted by Gasteiger charge is 2.62. The van der Waals surface area contributed by atoms with Gasteiger partial charge in [0.1, 0.15) is 18.6 Å². The molecule has 30 heavy (non-hydrogen) atoms. The topological polar surface area (TPSA) is 226 Å². The molecule has 2 atom stereocenters. The largest absolute Gasteiger partial charge is 0.394 e. The zero-order chi connectivity index (χ0) is 23.5. The third-order valence-corrected chi connectivity index (χ3v) is 7.78. The predicted molar refractivity (Wildman–Crippen MR) is 105 cm³/mol. The maximum atomic E-state index is 11.5. The van der Waals surface area contributed by atoms with Crippen molar-refractivity contribution in [2.24, 2.45) is 0 Å². The van der Waals surface area contributed by atoms with Crippen molar-refractivity contribution in [3.8, 4) is 0 Å². The van der Waals surface area contributed by atoms with Crippen LogP contribution in [0.2, 0.25) is 0 Å². The van der Waals surface area contributed by atoms with Gasteiger partial charge in [-0.25, -0.2) is 4.79 Å². The summed E-state index contributed by atoms with van der Waals surface area (Å²) in [6.07, 6.45) is 2.51. The third kappa shape index (κ3) is 6.92. The van der Waals surface area contributed by atoms with Crippen LogP contribution in [-0.4, -0.2) is 89.3 Å². The lowest BCUT2D eigenvalue weighted by Crippen LogP contribution is -2.48. The molecule has 1 saturated heterocycles. The van der Waals surface area contributed by atoms with Crippen molar-refractivity contribution in [2.45, 2.75) is 30.3 Å². The molecule has 1 aromatic heterocycles. The van der Waals surface area contributed by atoms with Crippen LogP contribution in [0.3, 0.4) is 0 Å².